The number of rotatable bonds is 4. The van der Waals surface area contributed by atoms with Crippen LogP contribution >= 0.6 is 0 Å². The average Bonchev–Trinajstić information content (AvgIpc) is 2.08. The number of amides is 1. The minimum absolute atomic E-state index is 0.320. The van der Waals surface area contributed by atoms with Crippen molar-refractivity contribution in [2.75, 3.05) is 6.54 Å². The third kappa shape index (κ3) is 6.56. The van der Waals surface area contributed by atoms with Gasteiger partial charge < -0.3 is 15.2 Å². The van der Waals surface area contributed by atoms with Crippen molar-refractivity contribution >= 4 is 18.1 Å². The first kappa shape index (κ1) is 14.1. The van der Waals surface area contributed by atoms with Gasteiger partial charge in [-0.3, -0.25) is 0 Å². The lowest BCUT2D eigenvalue weighted by molar-refractivity contribution is -0.138. The van der Waals surface area contributed by atoms with E-state index in [1.165, 1.54) is 0 Å². The summed E-state index contributed by atoms with van der Waals surface area (Å²) in [6, 6.07) is -1.34. The molecular formula is C9H14N2O5. The number of aliphatic imine (C=N–C) groups is 1. The maximum Gasteiger partial charge on any atom is 0.407 e. The first-order valence-electron chi connectivity index (χ1n) is 4.53. The van der Waals surface area contributed by atoms with Gasteiger partial charge in [0.25, 0.3) is 0 Å². The SMILES string of the molecule is CC(C)(C)OC(=O)NCC(N=C=O)C(=O)O. The van der Waals surface area contributed by atoms with Gasteiger partial charge in [0.1, 0.15) is 5.60 Å². The zero-order valence-electron chi connectivity index (χ0n) is 9.31. The minimum Gasteiger partial charge on any atom is -0.480 e. The summed E-state index contributed by atoms with van der Waals surface area (Å²) in [5.74, 6) is -1.32. The highest BCUT2D eigenvalue weighted by Gasteiger charge is 2.20. The molecule has 7 nitrogen and oxygen atoms in total. The van der Waals surface area contributed by atoms with Crippen molar-refractivity contribution in [1.82, 2.24) is 5.32 Å². The molecule has 1 atom stereocenters. The molecule has 0 aromatic rings. The summed E-state index contributed by atoms with van der Waals surface area (Å²) in [5.41, 5.74) is -0.670. The second-order valence-electron chi connectivity index (χ2n) is 3.96. The Morgan fingerprint density at radius 2 is 2.06 bits per heavy atom. The summed E-state index contributed by atoms with van der Waals surface area (Å²) in [6.07, 6.45) is 0.359. The molecule has 0 aliphatic carbocycles. The van der Waals surface area contributed by atoms with Gasteiger partial charge in [-0.15, -0.1) is 0 Å². The summed E-state index contributed by atoms with van der Waals surface area (Å²) in [5, 5.41) is 10.8. The Bertz CT molecular complexity index is 312. The van der Waals surface area contributed by atoms with E-state index >= 15 is 0 Å². The zero-order valence-corrected chi connectivity index (χ0v) is 9.31. The Balaban J connectivity index is 4.17. The van der Waals surface area contributed by atoms with Gasteiger partial charge in [0.15, 0.2) is 6.04 Å². The maximum absolute atomic E-state index is 11.1. The van der Waals surface area contributed by atoms with Crippen molar-refractivity contribution in [3.63, 3.8) is 0 Å². The lowest BCUT2D eigenvalue weighted by atomic mass is 10.2. The molecule has 0 bridgehead atoms. The van der Waals surface area contributed by atoms with Crippen LogP contribution in [0.4, 0.5) is 4.79 Å². The number of ether oxygens (including phenoxy) is 1. The van der Waals surface area contributed by atoms with E-state index in [1.807, 2.05) is 0 Å². The molecule has 0 aromatic heterocycles. The fourth-order valence-corrected chi connectivity index (χ4v) is 0.746. The second kappa shape index (κ2) is 5.87. The second-order valence-corrected chi connectivity index (χ2v) is 3.96. The average molecular weight is 230 g/mol. The van der Waals surface area contributed by atoms with Gasteiger partial charge in [0.2, 0.25) is 6.08 Å². The molecule has 0 aromatic carbocycles. The molecule has 0 heterocycles. The third-order valence-electron chi connectivity index (χ3n) is 1.33. The van der Waals surface area contributed by atoms with Gasteiger partial charge >= 0.3 is 12.1 Å². The van der Waals surface area contributed by atoms with Crippen LogP contribution in [0, 0.1) is 0 Å². The van der Waals surface area contributed by atoms with Gasteiger partial charge in [-0.2, -0.15) is 4.99 Å². The van der Waals surface area contributed by atoms with Crippen LogP contribution in [0.3, 0.4) is 0 Å². The predicted molar refractivity (Wildman–Crippen MR) is 53.8 cm³/mol. The molecule has 0 spiro atoms. The number of hydrogen-bond acceptors (Lipinski definition) is 5. The molecule has 0 radical (unpaired) electrons. The standard InChI is InChI=1S/C9H14N2O5/c1-9(2,3)16-8(15)10-4-6(7(13)14)11-5-12/h6H,4H2,1-3H3,(H,10,15)(H,13,14). The van der Waals surface area contributed by atoms with Gasteiger partial charge in [-0.1, -0.05) is 0 Å². The molecule has 1 amide bonds. The highest BCUT2D eigenvalue weighted by molar-refractivity contribution is 5.76. The van der Waals surface area contributed by atoms with Gasteiger partial charge in [-0.05, 0) is 20.8 Å². The Morgan fingerprint density at radius 1 is 1.50 bits per heavy atom. The highest BCUT2D eigenvalue weighted by atomic mass is 16.6. The van der Waals surface area contributed by atoms with Crippen LogP contribution in [0.5, 0.6) is 0 Å². The summed E-state index contributed by atoms with van der Waals surface area (Å²) in [4.78, 5) is 34.6. The van der Waals surface area contributed by atoms with Crippen molar-refractivity contribution in [2.45, 2.75) is 32.4 Å². The summed E-state index contributed by atoms with van der Waals surface area (Å²) in [6.45, 7) is 4.69. The quantitative estimate of drug-likeness (QED) is 0.533. The van der Waals surface area contributed by atoms with Crippen LogP contribution < -0.4 is 5.32 Å². The zero-order chi connectivity index (χ0) is 12.8. The van der Waals surface area contributed by atoms with Gasteiger partial charge in [-0.25, -0.2) is 14.4 Å². The van der Waals surface area contributed by atoms with E-state index in [0.29, 0.717) is 0 Å². The highest BCUT2D eigenvalue weighted by Crippen LogP contribution is 2.06. The van der Waals surface area contributed by atoms with Crippen LogP contribution in [0.2, 0.25) is 0 Å². The monoisotopic (exact) mass is 230 g/mol. The van der Waals surface area contributed by atoms with Crippen LogP contribution in [0.25, 0.3) is 0 Å². The summed E-state index contributed by atoms with van der Waals surface area (Å²) < 4.78 is 4.86. The topological polar surface area (TPSA) is 105 Å². The number of nitrogens with one attached hydrogen (secondary N) is 1. The number of carboxylic acid groups (broad SMARTS) is 1. The molecule has 0 aliphatic heterocycles. The van der Waals surface area contributed by atoms with E-state index < -0.39 is 23.7 Å². The third-order valence-corrected chi connectivity index (χ3v) is 1.33. The van der Waals surface area contributed by atoms with Gasteiger partial charge in [0.05, 0.1) is 6.54 Å². The number of hydrogen-bond donors (Lipinski definition) is 2. The van der Waals surface area contributed by atoms with Crippen molar-refractivity contribution in [3.8, 4) is 0 Å². The number of nitrogens with zero attached hydrogens (tertiary/aromatic N) is 1. The Kier molecular flexibility index (Phi) is 5.18. The number of isocyanates is 1. The van der Waals surface area contributed by atoms with Gasteiger partial charge in [0, 0.05) is 0 Å². The number of carboxylic acids is 1. The molecule has 7 heteroatoms. The molecular weight excluding hydrogens is 216 g/mol. The first-order valence-corrected chi connectivity index (χ1v) is 4.53. The summed E-state index contributed by atoms with van der Waals surface area (Å²) >= 11 is 0. The van der Waals surface area contributed by atoms with E-state index in [4.69, 9.17) is 9.84 Å². The molecule has 1 unspecified atom stereocenters. The maximum atomic E-state index is 11.1. The van der Waals surface area contributed by atoms with Crippen molar-refractivity contribution < 1.29 is 24.2 Å². The Labute approximate surface area is 92.5 Å². The van der Waals surface area contributed by atoms with Crippen molar-refractivity contribution in [3.05, 3.63) is 0 Å². The lowest BCUT2D eigenvalue weighted by Gasteiger charge is -2.19. The van der Waals surface area contributed by atoms with Crippen molar-refractivity contribution in [1.29, 1.82) is 0 Å². The molecule has 2 N–H and O–H groups in total. The van der Waals surface area contributed by atoms with E-state index in [9.17, 15) is 14.4 Å². The minimum atomic E-state index is -1.34. The molecule has 90 valence electrons. The normalized spacial score (nSPS) is 12.2. The predicted octanol–water partition coefficient (Wildman–Crippen LogP) is 0.300. The van der Waals surface area contributed by atoms with Crippen LogP contribution in [0.1, 0.15) is 20.8 Å². The largest absolute Gasteiger partial charge is 0.480 e. The van der Waals surface area contributed by atoms with E-state index in [1.54, 1.807) is 20.8 Å². The van der Waals surface area contributed by atoms with Crippen LogP contribution in [-0.2, 0) is 14.3 Å². The number of carbonyl (C=O) groups excluding carboxylic acids is 2. The fraction of sp³-hybridized carbons (Fsp3) is 0.667. The van der Waals surface area contributed by atoms with Crippen molar-refractivity contribution in [2.24, 2.45) is 4.99 Å². The molecule has 0 fully saturated rings. The van der Waals surface area contributed by atoms with E-state index in [-0.39, 0.29) is 6.54 Å². The lowest BCUT2D eigenvalue weighted by Crippen LogP contribution is -2.38. The number of alkyl carbamates (subject to hydrolysis) is 1. The molecule has 0 rings (SSSR count). The Morgan fingerprint density at radius 3 is 2.44 bits per heavy atom. The molecule has 0 saturated carbocycles. The smallest absolute Gasteiger partial charge is 0.407 e. The molecule has 16 heavy (non-hydrogen) atoms. The van der Waals surface area contributed by atoms with E-state index in [0.717, 1.165) is 6.08 Å². The molecule has 0 aliphatic rings. The Hall–Kier alpha value is -1.88. The van der Waals surface area contributed by atoms with Crippen LogP contribution in [-0.4, -0.2) is 41.4 Å². The number of aliphatic carboxylic acids is 1. The van der Waals surface area contributed by atoms with E-state index in [2.05, 4.69) is 10.3 Å². The fourth-order valence-electron chi connectivity index (χ4n) is 0.746. The van der Waals surface area contributed by atoms with Crippen LogP contribution in [0.15, 0.2) is 4.99 Å². The summed E-state index contributed by atoms with van der Waals surface area (Å²) in [7, 11) is 0. The number of carbonyl (C=O) groups is 2. The first-order chi connectivity index (χ1) is 7.26. The molecule has 0 saturated heterocycles.